The predicted octanol–water partition coefficient (Wildman–Crippen LogP) is 4.86. The summed E-state index contributed by atoms with van der Waals surface area (Å²) >= 11 is 3.29. The molecule has 0 saturated heterocycles. The molecule has 0 radical (unpaired) electrons. The molecule has 0 amide bonds. The Labute approximate surface area is 104 Å². The summed E-state index contributed by atoms with van der Waals surface area (Å²) in [6.07, 6.45) is 4.15. The van der Waals surface area contributed by atoms with Crippen molar-refractivity contribution in [1.82, 2.24) is 0 Å². The maximum atomic E-state index is 6.00. The van der Waals surface area contributed by atoms with Crippen molar-refractivity contribution >= 4 is 24.2 Å². The average molecular weight is 291 g/mol. The van der Waals surface area contributed by atoms with E-state index in [9.17, 15) is 0 Å². The Morgan fingerprint density at radius 1 is 1.33 bits per heavy atom. The van der Waals surface area contributed by atoms with Crippen molar-refractivity contribution in [1.29, 1.82) is 0 Å². The fourth-order valence-electron chi connectivity index (χ4n) is 0.743. The fourth-order valence-corrected chi connectivity index (χ4v) is 1.84. The molecule has 0 aromatic rings. The second kappa shape index (κ2) is 6.02. The lowest BCUT2D eigenvalue weighted by molar-refractivity contribution is 0.328. The molecule has 3 heteroatoms. The first-order valence-corrected chi connectivity index (χ1v) is 9.10. The lowest BCUT2D eigenvalue weighted by Crippen LogP contribution is -2.40. The summed E-state index contributed by atoms with van der Waals surface area (Å²) < 4.78 is 6.00. The molecule has 0 saturated carbocycles. The van der Waals surface area contributed by atoms with Gasteiger partial charge in [0.1, 0.15) is 0 Å². The SMILES string of the molecule is CC(C=CCO[Si](C)(C)C(C)(C)C)=CBr. The van der Waals surface area contributed by atoms with E-state index in [2.05, 4.69) is 68.9 Å². The van der Waals surface area contributed by atoms with Crippen molar-refractivity contribution in [3.63, 3.8) is 0 Å². The highest BCUT2D eigenvalue weighted by molar-refractivity contribution is 9.11. The highest BCUT2D eigenvalue weighted by Gasteiger charge is 2.36. The van der Waals surface area contributed by atoms with Crippen LogP contribution in [-0.2, 0) is 4.43 Å². The molecule has 15 heavy (non-hydrogen) atoms. The van der Waals surface area contributed by atoms with E-state index in [0.717, 1.165) is 0 Å². The smallest absolute Gasteiger partial charge is 0.192 e. The van der Waals surface area contributed by atoms with Crippen molar-refractivity contribution in [3.8, 4) is 0 Å². The van der Waals surface area contributed by atoms with E-state index in [-0.39, 0.29) is 0 Å². The van der Waals surface area contributed by atoms with Crippen LogP contribution in [0.5, 0.6) is 0 Å². The van der Waals surface area contributed by atoms with E-state index in [4.69, 9.17) is 4.43 Å². The Bertz CT molecular complexity index is 249. The first-order valence-electron chi connectivity index (χ1n) is 5.28. The molecular weight excluding hydrogens is 268 g/mol. The minimum absolute atomic E-state index is 0.293. The third kappa shape index (κ3) is 5.69. The average Bonchev–Trinajstić information content (AvgIpc) is 2.10. The summed E-state index contributed by atoms with van der Waals surface area (Å²) in [5, 5.41) is 0.293. The molecular formula is C12H23BrOSi. The van der Waals surface area contributed by atoms with Gasteiger partial charge in [-0.25, -0.2) is 0 Å². The second-order valence-corrected chi connectivity index (χ2v) is 10.6. The normalized spacial score (nSPS) is 15.0. The lowest BCUT2D eigenvalue weighted by Gasteiger charge is -2.35. The summed E-state index contributed by atoms with van der Waals surface area (Å²) in [7, 11) is -1.57. The standard InChI is InChI=1S/C12H23BrOSi/c1-11(10-13)8-7-9-14-15(5,6)12(2,3)4/h7-8,10H,9H2,1-6H3. The molecule has 88 valence electrons. The van der Waals surface area contributed by atoms with Crippen LogP contribution in [0, 0.1) is 0 Å². The molecule has 0 N–H and O–H groups in total. The fraction of sp³-hybridized carbons (Fsp3) is 0.667. The predicted molar refractivity (Wildman–Crippen MR) is 75.0 cm³/mol. The summed E-state index contributed by atoms with van der Waals surface area (Å²) in [4.78, 5) is 1.91. The van der Waals surface area contributed by atoms with Crippen LogP contribution in [0.4, 0.5) is 0 Å². The van der Waals surface area contributed by atoms with Crippen molar-refractivity contribution in [2.45, 2.75) is 45.8 Å². The van der Waals surface area contributed by atoms with Gasteiger partial charge in [0.2, 0.25) is 0 Å². The van der Waals surface area contributed by atoms with E-state index >= 15 is 0 Å². The maximum absolute atomic E-state index is 6.00. The van der Waals surface area contributed by atoms with Crippen LogP contribution in [-0.4, -0.2) is 14.9 Å². The summed E-state index contributed by atoms with van der Waals surface area (Å²) in [6.45, 7) is 14.1. The first-order chi connectivity index (χ1) is 6.70. The van der Waals surface area contributed by atoms with Gasteiger partial charge < -0.3 is 4.43 Å². The molecule has 0 spiro atoms. The Morgan fingerprint density at radius 3 is 2.27 bits per heavy atom. The zero-order valence-corrected chi connectivity index (χ0v) is 13.3. The van der Waals surface area contributed by atoms with Gasteiger partial charge in [-0.3, -0.25) is 0 Å². The van der Waals surface area contributed by atoms with Gasteiger partial charge >= 0.3 is 0 Å². The van der Waals surface area contributed by atoms with Gasteiger partial charge in [0.05, 0.1) is 6.61 Å². The number of halogens is 1. The summed E-state index contributed by atoms with van der Waals surface area (Å²) in [5.41, 5.74) is 1.20. The zero-order valence-electron chi connectivity index (χ0n) is 10.7. The van der Waals surface area contributed by atoms with Gasteiger partial charge in [0.25, 0.3) is 0 Å². The maximum Gasteiger partial charge on any atom is 0.192 e. The molecule has 0 rings (SSSR count). The molecule has 0 atom stereocenters. The highest BCUT2D eigenvalue weighted by Crippen LogP contribution is 2.36. The van der Waals surface area contributed by atoms with Crippen molar-refractivity contribution in [2.75, 3.05) is 6.61 Å². The van der Waals surface area contributed by atoms with Crippen molar-refractivity contribution in [3.05, 3.63) is 22.7 Å². The van der Waals surface area contributed by atoms with Crippen molar-refractivity contribution in [2.24, 2.45) is 0 Å². The van der Waals surface area contributed by atoms with E-state index in [1.54, 1.807) is 0 Å². The Hall–Kier alpha value is 0.137. The highest BCUT2D eigenvalue weighted by atomic mass is 79.9. The first kappa shape index (κ1) is 15.1. The molecule has 0 aliphatic rings. The van der Waals surface area contributed by atoms with Crippen LogP contribution in [0.25, 0.3) is 0 Å². The topological polar surface area (TPSA) is 9.23 Å². The Morgan fingerprint density at radius 2 is 1.87 bits per heavy atom. The van der Waals surface area contributed by atoms with Crippen LogP contribution in [0.2, 0.25) is 18.1 Å². The van der Waals surface area contributed by atoms with Gasteiger partial charge in [-0.1, -0.05) is 48.9 Å². The van der Waals surface area contributed by atoms with Gasteiger partial charge in [0, 0.05) is 0 Å². The van der Waals surface area contributed by atoms with E-state index in [1.807, 2.05) is 4.99 Å². The lowest BCUT2D eigenvalue weighted by atomic mass is 10.2. The Kier molecular flexibility index (Phi) is 6.07. The monoisotopic (exact) mass is 290 g/mol. The minimum atomic E-state index is -1.57. The zero-order chi connectivity index (χ0) is 12.1. The van der Waals surface area contributed by atoms with Crippen LogP contribution in [0.1, 0.15) is 27.7 Å². The van der Waals surface area contributed by atoms with E-state index in [1.165, 1.54) is 5.57 Å². The van der Waals surface area contributed by atoms with Gasteiger partial charge in [-0.15, -0.1) is 0 Å². The number of allylic oxidation sites excluding steroid dienone is 2. The third-order valence-electron chi connectivity index (χ3n) is 2.90. The molecule has 0 aromatic heterocycles. The quantitative estimate of drug-likeness (QED) is 0.531. The molecule has 0 aliphatic carbocycles. The van der Waals surface area contributed by atoms with Gasteiger partial charge in [-0.2, -0.15) is 0 Å². The molecule has 1 nitrogen and oxygen atoms in total. The van der Waals surface area contributed by atoms with E-state index < -0.39 is 8.32 Å². The molecule has 0 aromatic carbocycles. The van der Waals surface area contributed by atoms with Gasteiger partial charge in [0.15, 0.2) is 8.32 Å². The van der Waals surface area contributed by atoms with Gasteiger partial charge in [-0.05, 0) is 35.6 Å². The van der Waals surface area contributed by atoms with Crippen molar-refractivity contribution < 1.29 is 4.43 Å². The minimum Gasteiger partial charge on any atom is -0.413 e. The molecule has 0 unspecified atom stereocenters. The second-order valence-electron chi connectivity index (χ2n) is 5.33. The van der Waals surface area contributed by atoms with Crippen LogP contribution in [0.3, 0.4) is 0 Å². The molecule has 0 heterocycles. The summed E-state index contributed by atoms with van der Waals surface area (Å²) in [5.74, 6) is 0. The third-order valence-corrected chi connectivity index (χ3v) is 8.12. The largest absolute Gasteiger partial charge is 0.413 e. The number of rotatable bonds is 4. The van der Waals surface area contributed by atoms with Crippen LogP contribution in [0.15, 0.2) is 22.7 Å². The molecule has 0 bridgehead atoms. The van der Waals surface area contributed by atoms with Crippen LogP contribution >= 0.6 is 15.9 Å². The van der Waals surface area contributed by atoms with Crippen LogP contribution < -0.4 is 0 Å². The Balaban J connectivity index is 4.13. The van der Waals surface area contributed by atoms with E-state index in [0.29, 0.717) is 11.6 Å². The summed E-state index contributed by atoms with van der Waals surface area (Å²) in [6, 6.07) is 0. The number of hydrogen-bond donors (Lipinski definition) is 0. The number of hydrogen-bond acceptors (Lipinski definition) is 1. The molecule has 0 fully saturated rings. The molecule has 0 aliphatic heterocycles.